The van der Waals surface area contributed by atoms with E-state index in [9.17, 15) is 0 Å². The van der Waals surface area contributed by atoms with Crippen LogP contribution < -0.4 is 5.73 Å². The summed E-state index contributed by atoms with van der Waals surface area (Å²) in [5.41, 5.74) is 9.93. The van der Waals surface area contributed by atoms with Gasteiger partial charge in [0.1, 0.15) is 12.1 Å². The van der Waals surface area contributed by atoms with Crippen LogP contribution in [0.2, 0.25) is 0 Å². The van der Waals surface area contributed by atoms with Gasteiger partial charge in [0.2, 0.25) is 0 Å². The van der Waals surface area contributed by atoms with E-state index in [0.717, 1.165) is 47.9 Å². The monoisotopic (exact) mass is 419 g/mol. The fourth-order valence-corrected chi connectivity index (χ4v) is 6.35. The van der Waals surface area contributed by atoms with Crippen LogP contribution in [0.5, 0.6) is 0 Å². The second kappa shape index (κ2) is 6.80. The Hall–Kier alpha value is -2.40. The Morgan fingerprint density at radius 1 is 1.19 bits per heavy atom. The molecule has 2 saturated carbocycles. The average Bonchev–Trinajstić information content (AvgIpc) is 3.55. The van der Waals surface area contributed by atoms with Gasteiger partial charge in [0, 0.05) is 30.5 Å². The van der Waals surface area contributed by atoms with Crippen LogP contribution in [0.1, 0.15) is 64.4 Å². The summed E-state index contributed by atoms with van der Waals surface area (Å²) in [7, 11) is 1.77. The van der Waals surface area contributed by atoms with Gasteiger partial charge in [-0.25, -0.2) is 4.99 Å². The lowest BCUT2D eigenvalue weighted by atomic mass is 9.59. The second-order valence-electron chi connectivity index (χ2n) is 9.97. The van der Waals surface area contributed by atoms with Gasteiger partial charge < -0.3 is 15.2 Å². The summed E-state index contributed by atoms with van der Waals surface area (Å²) in [6.45, 7) is 0.180. The largest absolute Gasteiger partial charge is 0.462 e. The highest BCUT2D eigenvalue weighted by Gasteiger charge is 2.62. The molecule has 0 bridgehead atoms. The Morgan fingerprint density at radius 2 is 2.06 bits per heavy atom. The summed E-state index contributed by atoms with van der Waals surface area (Å²) in [6.07, 6.45) is 9.77. The van der Waals surface area contributed by atoms with Gasteiger partial charge in [0.15, 0.2) is 0 Å². The molecule has 2 spiro atoms. The Morgan fingerprint density at radius 3 is 2.77 bits per heavy atom. The molecule has 2 aromatic rings. The van der Waals surface area contributed by atoms with Gasteiger partial charge in [-0.3, -0.25) is 4.98 Å². The van der Waals surface area contributed by atoms with Crippen molar-refractivity contribution in [3.05, 3.63) is 53.3 Å². The van der Waals surface area contributed by atoms with Crippen molar-refractivity contribution in [2.45, 2.75) is 63.0 Å². The van der Waals surface area contributed by atoms with Crippen LogP contribution in [0.3, 0.4) is 0 Å². The van der Waals surface area contributed by atoms with Crippen LogP contribution in [0.15, 0.2) is 41.7 Å². The molecule has 4 atom stereocenters. The van der Waals surface area contributed by atoms with E-state index in [1.54, 1.807) is 7.11 Å². The highest BCUT2D eigenvalue weighted by molar-refractivity contribution is 5.76. The standard InChI is InChI=1S/C26H31N3O2/c1-16-11-25(8-7-23(16)30-2)12-19-6-5-18(10-22(19)26(25)15-31-24(27)29-26)21-9-20(13-28-14-21)17-3-4-17/h5-6,9-10,13-14,16-17,23H,3-4,7-8,11-12,15H2,1-2H3,(H2,27,29)/t16-,23-,25-,26+/m0/s1/i15D2. The molecule has 5 nitrogen and oxygen atoms in total. The summed E-state index contributed by atoms with van der Waals surface area (Å²) in [6, 6.07) is 8.58. The van der Waals surface area contributed by atoms with Gasteiger partial charge in [-0.2, -0.15) is 0 Å². The minimum absolute atomic E-state index is 0.0588. The molecule has 0 amide bonds. The number of methoxy groups -OCH3 is 1. The molecule has 0 saturated heterocycles. The molecule has 6 rings (SSSR count). The fraction of sp³-hybridized carbons (Fsp3) is 0.538. The van der Waals surface area contributed by atoms with Crippen molar-refractivity contribution in [1.82, 2.24) is 4.98 Å². The first-order valence-corrected chi connectivity index (χ1v) is 11.4. The van der Waals surface area contributed by atoms with E-state index in [2.05, 4.69) is 36.2 Å². The van der Waals surface area contributed by atoms with Crippen molar-refractivity contribution in [3.63, 3.8) is 0 Å². The molecule has 0 unspecified atom stereocenters. The predicted molar refractivity (Wildman–Crippen MR) is 121 cm³/mol. The van der Waals surface area contributed by atoms with Crippen LogP contribution in [-0.4, -0.2) is 30.8 Å². The molecule has 1 aliphatic heterocycles. The lowest BCUT2D eigenvalue weighted by Gasteiger charge is -2.47. The molecule has 2 fully saturated rings. The average molecular weight is 420 g/mol. The van der Waals surface area contributed by atoms with Crippen LogP contribution in [0.25, 0.3) is 11.1 Å². The molecule has 162 valence electrons. The smallest absolute Gasteiger partial charge is 0.283 e. The third kappa shape index (κ3) is 2.85. The maximum absolute atomic E-state index is 9.00. The van der Waals surface area contributed by atoms with Crippen molar-refractivity contribution in [2.24, 2.45) is 22.1 Å². The molecule has 2 N–H and O–H groups in total. The van der Waals surface area contributed by atoms with Gasteiger partial charge in [0.05, 0.1) is 8.85 Å². The second-order valence-corrected chi connectivity index (χ2v) is 9.97. The third-order valence-electron chi connectivity index (χ3n) is 8.08. The number of nitrogens with zero attached hydrogens (tertiary/aromatic N) is 2. The Bertz CT molecular complexity index is 1150. The van der Waals surface area contributed by atoms with E-state index in [0.29, 0.717) is 11.8 Å². The van der Waals surface area contributed by atoms with Crippen LogP contribution >= 0.6 is 0 Å². The zero-order valence-corrected chi connectivity index (χ0v) is 18.2. The number of fused-ring (bicyclic) bond motifs is 3. The zero-order valence-electron chi connectivity index (χ0n) is 20.2. The predicted octanol–water partition coefficient (Wildman–Crippen LogP) is 4.54. The van der Waals surface area contributed by atoms with Crippen molar-refractivity contribution >= 4 is 6.02 Å². The Balaban J connectivity index is 1.50. The lowest BCUT2D eigenvalue weighted by Crippen LogP contribution is -2.48. The van der Waals surface area contributed by atoms with E-state index in [4.69, 9.17) is 22.9 Å². The van der Waals surface area contributed by atoms with E-state index in [1.165, 1.54) is 18.4 Å². The van der Waals surface area contributed by atoms with Crippen molar-refractivity contribution in [2.75, 3.05) is 13.7 Å². The molecule has 0 radical (unpaired) electrons. The number of amidine groups is 1. The van der Waals surface area contributed by atoms with Gasteiger partial charge in [0.25, 0.3) is 6.02 Å². The first-order chi connectivity index (χ1) is 15.8. The van der Waals surface area contributed by atoms with E-state index in [-0.39, 0.29) is 12.1 Å². The van der Waals surface area contributed by atoms with Gasteiger partial charge in [-0.1, -0.05) is 19.1 Å². The first-order valence-electron chi connectivity index (χ1n) is 12.4. The normalized spacial score (nSPS) is 36.6. The van der Waals surface area contributed by atoms with E-state index < -0.39 is 17.5 Å². The highest BCUT2D eigenvalue weighted by Crippen LogP contribution is 2.62. The van der Waals surface area contributed by atoms with Crippen molar-refractivity contribution < 1.29 is 12.2 Å². The van der Waals surface area contributed by atoms with Crippen LogP contribution in [0.4, 0.5) is 0 Å². The quantitative estimate of drug-likeness (QED) is 0.793. The SMILES string of the molecule is [2H]C1([2H])OC(N)=N[C@@]12c1cc(-c3cncc(C4CC4)c3)ccc1C[C@@]21CC[C@H](OC)[C@@H](C)C1. The van der Waals surface area contributed by atoms with Crippen molar-refractivity contribution in [1.29, 1.82) is 0 Å². The number of ether oxygens (including phenoxy) is 2. The van der Waals surface area contributed by atoms with Crippen LogP contribution in [-0.2, 0) is 21.4 Å². The fourth-order valence-electron chi connectivity index (χ4n) is 6.35. The maximum Gasteiger partial charge on any atom is 0.283 e. The molecular formula is C26H31N3O2. The summed E-state index contributed by atoms with van der Waals surface area (Å²) < 4.78 is 29.3. The first kappa shape index (κ1) is 17.2. The summed E-state index contributed by atoms with van der Waals surface area (Å²) >= 11 is 0. The number of rotatable bonds is 3. The topological polar surface area (TPSA) is 69.7 Å². The minimum atomic E-state index is -2.02. The molecule has 1 aromatic carbocycles. The molecule has 1 aromatic heterocycles. The minimum Gasteiger partial charge on any atom is -0.462 e. The number of benzene rings is 1. The lowest BCUT2D eigenvalue weighted by molar-refractivity contribution is -0.0445. The molecule has 5 heteroatoms. The van der Waals surface area contributed by atoms with E-state index >= 15 is 0 Å². The zero-order chi connectivity index (χ0) is 23.0. The Kier molecular flexibility index (Phi) is 3.77. The molecule has 3 aliphatic carbocycles. The number of aliphatic imine (C=N–C) groups is 1. The number of hydrogen-bond acceptors (Lipinski definition) is 5. The Labute approximate surface area is 186 Å². The molecule has 2 heterocycles. The summed E-state index contributed by atoms with van der Waals surface area (Å²) in [4.78, 5) is 9.30. The highest BCUT2D eigenvalue weighted by atomic mass is 16.5. The summed E-state index contributed by atoms with van der Waals surface area (Å²) in [5, 5.41) is 0. The van der Waals surface area contributed by atoms with Gasteiger partial charge in [-0.15, -0.1) is 0 Å². The number of hydrogen-bond donors (Lipinski definition) is 1. The number of pyridine rings is 1. The number of nitrogens with two attached hydrogens (primary N) is 1. The molecule has 4 aliphatic rings. The van der Waals surface area contributed by atoms with E-state index in [1.807, 2.05) is 12.4 Å². The van der Waals surface area contributed by atoms with Gasteiger partial charge in [-0.05, 0) is 84.7 Å². The maximum atomic E-state index is 9.00. The molecule has 31 heavy (non-hydrogen) atoms. The third-order valence-corrected chi connectivity index (χ3v) is 8.08. The van der Waals surface area contributed by atoms with Gasteiger partial charge >= 0.3 is 0 Å². The molecular weight excluding hydrogens is 386 g/mol. The summed E-state index contributed by atoms with van der Waals surface area (Å²) in [5.74, 6) is 0.919. The number of aromatic nitrogens is 1. The van der Waals surface area contributed by atoms with Crippen molar-refractivity contribution in [3.8, 4) is 11.1 Å². The van der Waals surface area contributed by atoms with Crippen LogP contribution in [0, 0.1) is 11.3 Å².